The van der Waals surface area contributed by atoms with Gasteiger partial charge in [0.25, 0.3) is 10.0 Å². The minimum Gasteiger partial charge on any atom is -0.486 e. The summed E-state index contributed by atoms with van der Waals surface area (Å²) in [7, 11) is -3.91. The van der Waals surface area contributed by atoms with Crippen molar-refractivity contribution < 1.29 is 17.9 Å². The summed E-state index contributed by atoms with van der Waals surface area (Å²) >= 11 is 11.9. The quantitative estimate of drug-likeness (QED) is 0.909. The molecule has 0 unspecified atom stereocenters. The molecule has 3 rings (SSSR count). The van der Waals surface area contributed by atoms with Gasteiger partial charge in [0.2, 0.25) is 0 Å². The Bertz CT molecular complexity index is 803. The van der Waals surface area contributed by atoms with E-state index >= 15 is 0 Å². The van der Waals surface area contributed by atoms with Gasteiger partial charge in [0.15, 0.2) is 11.5 Å². The summed E-state index contributed by atoms with van der Waals surface area (Å²) in [4.78, 5) is -0.159. The molecule has 0 saturated carbocycles. The van der Waals surface area contributed by atoms with Crippen LogP contribution in [0, 0.1) is 0 Å². The zero-order chi connectivity index (χ0) is 15.7. The number of nitrogens with one attached hydrogen (secondary N) is 1. The van der Waals surface area contributed by atoms with Gasteiger partial charge >= 0.3 is 0 Å². The van der Waals surface area contributed by atoms with Crippen molar-refractivity contribution in [3.05, 3.63) is 46.4 Å². The van der Waals surface area contributed by atoms with E-state index in [2.05, 4.69) is 4.72 Å². The summed E-state index contributed by atoms with van der Waals surface area (Å²) in [5.74, 6) is 1.06. The Morgan fingerprint density at radius 3 is 2.27 bits per heavy atom. The number of fused-ring (bicyclic) bond motifs is 1. The van der Waals surface area contributed by atoms with Gasteiger partial charge < -0.3 is 9.47 Å². The molecule has 1 aliphatic rings. The molecule has 22 heavy (non-hydrogen) atoms. The van der Waals surface area contributed by atoms with Crippen LogP contribution < -0.4 is 14.2 Å². The lowest BCUT2D eigenvalue weighted by atomic mass is 10.3. The average molecular weight is 360 g/mol. The van der Waals surface area contributed by atoms with Crippen molar-refractivity contribution in [1.29, 1.82) is 0 Å². The number of hydrogen-bond donors (Lipinski definition) is 1. The zero-order valence-electron chi connectivity index (χ0n) is 11.2. The van der Waals surface area contributed by atoms with Gasteiger partial charge in [-0.15, -0.1) is 0 Å². The van der Waals surface area contributed by atoms with Crippen LogP contribution in [0.1, 0.15) is 0 Å². The number of benzene rings is 2. The SMILES string of the molecule is O=S(=O)(Nc1ccc2c(c1)OCCO2)c1c(Cl)cccc1Cl. The Labute approximate surface area is 137 Å². The van der Waals surface area contributed by atoms with Crippen LogP contribution in [-0.2, 0) is 10.0 Å². The summed E-state index contributed by atoms with van der Waals surface area (Å²) in [6, 6.07) is 9.28. The highest BCUT2D eigenvalue weighted by molar-refractivity contribution is 7.93. The molecule has 0 radical (unpaired) electrons. The first-order valence-corrected chi connectivity index (χ1v) is 8.58. The van der Waals surface area contributed by atoms with E-state index < -0.39 is 10.0 Å². The number of halogens is 2. The van der Waals surface area contributed by atoms with Crippen molar-refractivity contribution >= 4 is 38.9 Å². The molecule has 0 fully saturated rings. The van der Waals surface area contributed by atoms with Crippen molar-refractivity contribution in [2.45, 2.75) is 4.90 Å². The zero-order valence-corrected chi connectivity index (χ0v) is 13.5. The molecule has 1 heterocycles. The minimum atomic E-state index is -3.91. The highest BCUT2D eigenvalue weighted by atomic mass is 35.5. The third-order valence-electron chi connectivity index (χ3n) is 2.98. The van der Waals surface area contributed by atoms with Crippen molar-refractivity contribution in [1.82, 2.24) is 0 Å². The Balaban J connectivity index is 1.95. The molecular formula is C14H11Cl2NO4S. The molecule has 116 valence electrons. The topological polar surface area (TPSA) is 64.6 Å². The third kappa shape index (κ3) is 2.95. The minimum absolute atomic E-state index is 0.0533. The lowest BCUT2D eigenvalue weighted by Crippen LogP contribution is -2.17. The van der Waals surface area contributed by atoms with E-state index in [0.29, 0.717) is 30.4 Å². The van der Waals surface area contributed by atoms with Gasteiger partial charge in [0, 0.05) is 6.07 Å². The second-order valence-corrected chi connectivity index (χ2v) is 6.95. The van der Waals surface area contributed by atoms with Crippen LogP contribution in [0.3, 0.4) is 0 Å². The van der Waals surface area contributed by atoms with Crippen LogP contribution in [-0.4, -0.2) is 21.6 Å². The summed E-state index contributed by atoms with van der Waals surface area (Å²) in [5.41, 5.74) is 0.334. The van der Waals surface area contributed by atoms with Crippen LogP contribution in [0.15, 0.2) is 41.3 Å². The lowest BCUT2D eigenvalue weighted by molar-refractivity contribution is 0.171. The van der Waals surface area contributed by atoms with Gasteiger partial charge in [-0.05, 0) is 24.3 Å². The first-order chi connectivity index (χ1) is 10.5. The van der Waals surface area contributed by atoms with E-state index in [-0.39, 0.29) is 14.9 Å². The Kier molecular flexibility index (Phi) is 4.08. The third-order valence-corrected chi connectivity index (χ3v) is 5.32. The molecule has 0 bridgehead atoms. The van der Waals surface area contributed by atoms with Crippen molar-refractivity contribution in [3.63, 3.8) is 0 Å². The van der Waals surface area contributed by atoms with Crippen LogP contribution in [0.5, 0.6) is 11.5 Å². The standard InChI is InChI=1S/C14H11Cl2NO4S/c15-10-2-1-3-11(16)14(10)22(18,19)17-9-4-5-12-13(8-9)21-7-6-20-12/h1-5,8,17H,6-7H2. The monoisotopic (exact) mass is 359 g/mol. The van der Waals surface area contributed by atoms with Gasteiger partial charge in [0.05, 0.1) is 15.7 Å². The second kappa shape index (κ2) is 5.87. The normalized spacial score (nSPS) is 13.7. The lowest BCUT2D eigenvalue weighted by Gasteiger charge is -2.19. The first-order valence-electron chi connectivity index (χ1n) is 6.34. The largest absolute Gasteiger partial charge is 0.486 e. The number of anilines is 1. The maximum Gasteiger partial charge on any atom is 0.264 e. The molecule has 1 N–H and O–H groups in total. The van der Waals surface area contributed by atoms with Crippen LogP contribution in [0.2, 0.25) is 10.0 Å². The molecule has 0 aliphatic carbocycles. The molecule has 0 spiro atoms. The second-order valence-electron chi connectivity index (χ2n) is 4.51. The van der Waals surface area contributed by atoms with E-state index in [0.717, 1.165) is 0 Å². The molecular weight excluding hydrogens is 349 g/mol. The maximum atomic E-state index is 12.5. The first kappa shape index (κ1) is 15.3. The molecule has 2 aromatic carbocycles. The summed E-state index contributed by atoms with van der Waals surface area (Å²) < 4.78 is 38.2. The number of ether oxygens (including phenoxy) is 2. The van der Waals surface area contributed by atoms with Gasteiger partial charge in [-0.2, -0.15) is 0 Å². The average Bonchev–Trinajstić information content (AvgIpc) is 2.46. The van der Waals surface area contributed by atoms with Crippen LogP contribution >= 0.6 is 23.2 Å². The Hall–Kier alpha value is -1.63. The molecule has 0 amide bonds. The van der Waals surface area contributed by atoms with E-state index in [9.17, 15) is 8.42 Å². The molecule has 8 heteroatoms. The summed E-state index contributed by atoms with van der Waals surface area (Å²) in [5, 5.41) is 0.107. The molecule has 2 aromatic rings. The van der Waals surface area contributed by atoms with Gasteiger partial charge in [0.1, 0.15) is 18.1 Å². The predicted molar refractivity (Wildman–Crippen MR) is 84.7 cm³/mol. The maximum absolute atomic E-state index is 12.5. The Morgan fingerprint density at radius 2 is 1.59 bits per heavy atom. The summed E-state index contributed by atoms with van der Waals surface area (Å²) in [6.07, 6.45) is 0. The van der Waals surface area contributed by atoms with Gasteiger partial charge in [-0.3, -0.25) is 4.72 Å². The number of sulfonamides is 1. The molecule has 0 saturated heterocycles. The highest BCUT2D eigenvalue weighted by Crippen LogP contribution is 2.35. The fourth-order valence-electron chi connectivity index (χ4n) is 2.05. The van der Waals surface area contributed by atoms with E-state index in [1.54, 1.807) is 24.3 Å². The molecule has 5 nitrogen and oxygen atoms in total. The van der Waals surface area contributed by atoms with Crippen LogP contribution in [0.4, 0.5) is 5.69 Å². The number of hydrogen-bond acceptors (Lipinski definition) is 4. The van der Waals surface area contributed by atoms with E-state index in [4.69, 9.17) is 32.7 Å². The predicted octanol–water partition coefficient (Wildman–Crippen LogP) is 3.57. The van der Waals surface area contributed by atoms with Gasteiger partial charge in [-0.1, -0.05) is 29.3 Å². The van der Waals surface area contributed by atoms with Crippen molar-refractivity contribution in [2.24, 2.45) is 0 Å². The fourth-order valence-corrected chi connectivity index (χ4v) is 4.25. The van der Waals surface area contributed by atoms with E-state index in [1.807, 2.05) is 0 Å². The molecule has 0 aromatic heterocycles. The van der Waals surface area contributed by atoms with Gasteiger partial charge in [-0.25, -0.2) is 8.42 Å². The highest BCUT2D eigenvalue weighted by Gasteiger charge is 2.22. The van der Waals surface area contributed by atoms with Crippen molar-refractivity contribution in [2.75, 3.05) is 17.9 Å². The molecule has 1 aliphatic heterocycles. The molecule has 0 atom stereocenters. The number of rotatable bonds is 3. The van der Waals surface area contributed by atoms with E-state index in [1.165, 1.54) is 12.1 Å². The van der Waals surface area contributed by atoms with Crippen molar-refractivity contribution in [3.8, 4) is 11.5 Å². The smallest absolute Gasteiger partial charge is 0.264 e. The Morgan fingerprint density at radius 1 is 0.955 bits per heavy atom. The van der Waals surface area contributed by atoms with Crippen LogP contribution in [0.25, 0.3) is 0 Å². The summed E-state index contributed by atoms with van der Waals surface area (Å²) in [6.45, 7) is 0.882. The fraction of sp³-hybridized carbons (Fsp3) is 0.143.